The van der Waals surface area contributed by atoms with Gasteiger partial charge in [-0.3, -0.25) is 0 Å². The number of nitrogens with zero attached hydrogens (tertiary/aromatic N) is 3. The van der Waals surface area contributed by atoms with Crippen LogP contribution < -0.4 is 5.32 Å². The molecule has 0 radical (unpaired) electrons. The third-order valence-corrected chi connectivity index (χ3v) is 5.97. The average molecular weight is 498 g/mol. The van der Waals surface area contributed by atoms with E-state index >= 15 is 0 Å². The molecule has 1 N–H and O–H groups in total. The van der Waals surface area contributed by atoms with E-state index in [1.54, 1.807) is 0 Å². The normalized spacial score (nSPS) is 15.3. The zero-order chi connectivity index (χ0) is 20.7. The number of nitrogens with one attached hydrogen (secondary N) is 1. The van der Waals surface area contributed by atoms with Gasteiger partial charge in [-0.1, -0.05) is 63.4 Å². The summed E-state index contributed by atoms with van der Waals surface area (Å²) in [6.45, 7) is 0. The van der Waals surface area contributed by atoms with Gasteiger partial charge < -0.3 is 5.32 Å². The first-order chi connectivity index (χ1) is 14.6. The number of benzene rings is 3. The molecule has 1 aliphatic heterocycles. The Morgan fingerprint density at radius 2 is 1.40 bits per heavy atom. The van der Waals surface area contributed by atoms with Gasteiger partial charge in [0.1, 0.15) is 6.04 Å². The van der Waals surface area contributed by atoms with Crippen LogP contribution >= 0.6 is 39.1 Å². The van der Waals surface area contributed by atoms with Crippen LogP contribution in [0.25, 0.3) is 17.1 Å². The highest BCUT2D eigenvalue weighted by Gasteiger charge is 2.25. The summed E-state index contributed by atoms with van der Waals surface area (Å²) in [6.07, 6.45) is 2.15. The maximum absolute atomic E-state index is 6.11. The maximum atomic E-state index is 6.11. The van der Waals surface area contributed by atoms with E-state index in [1.165, 1.54) is 0 Å². The summed E-state index contributed by atoms with van der Waals surface area (Å²) in [7, 11) is 0. The predicted octanol–water partition coefficient (Wildman–Crippen LogP) is 7.07. The van der Waals surface area contributed by atoms with E-state index in [1.807, 2.05) is 65.3 Å². The standard InChI is InChI=1S/C23H15BrCl2N4/c24-17-7-1-14(2-8-17)20-13-21(15-3-9-18(25)10-4-15)30-23(27-20)28-22(29-30)16-5-11-19(26)12-6-16/h1-13,21H,(H,27,28,29)/t21-/m0/s1. The molecule has 0 aliphatic carbocycles. The Morgan fingerprint density at radius 3 is 2.07 bits per heavy atom. The van der Waals surface area contributed by atoms with E-state index in [9.17, 15) is 0 Å². The van der Waals surface area contributed by atoms with Crippen molar-refractivity contribution < 1.29 is 0 Å². The Labute approximate surface area is 192 Å². The summed E-state index contributed by atoms with van der Waals surface area (Å²) >= 11 is 15.6. The van der Waals surface area contributed by atoms with Gasteiger partial charge in [0, 0.05) is 25.8 Å². The molecule has 0 saturated heterocycles. The number of hydrogen-bond donors (Lipinski definition) is 1. The summed E-state index contributed by atoms with van der Waals surface area (Å²) in [4.78, 5) is 4.76. The molecule has 2 heterocycles. The molecular weight excluding hydrogens is 483 g/mol. The topological polar surface area (TPSA) is 42.7 Å². The minimum absolute atomic E-state index is 0.120. The Hall–Kier alpha value is -2.60. The highest BCUT2D eigenvalue weighted by molar-refractivity contribution is 9.10. The van der Waals surface area contributed by atoms with Gasteiger partial charge in [-0.25, -0.2) is 4.68 Å². The van der Waals surface area contributed by atoms with Crippen molar-refractivity contribution in [1.82, 2.24) is 14.8 Å². The average Bonchev–Trinajstić information content (AvgIpc) is 3.19. The van der Waals surface area contributed by atoms with E-state index in [0.29, 0.717) is 21.8 Å². The largest absolute Gasteiger partial charge is 0.324 e. The number of anilines is 1. The molecule has 0 bridgehead atoms. The van der Waals surface area contributed by atoms with Crippen LogP contribution in [0.3, 0.4) is 0 Å². The molecule has 0 amide bonds. The third kappa shape index (κ3) is 3.76. The van der Waals surface area contributed by atoms with Crippen molar-refractivity contribution in [1.29, 1.82) is 0 Å². The summed E-state index contributed by atoms with van der Waals surface area (Å²) in [5.41, 5.74) is 4.02. The molecule has 30 heavy (non-hydrogen) atoms. The van der Waals surface area contributed by atoms with Crippen LogP contribution in [0.15, 0.2) is 83.3 Å². The Balaban J connectivity index is 1.61. The minimum Gasteiger partial charge on any atom is -0.324 e. The number of aromatic nitrogens is 3. The van der Waals surface area contributed by atoms with Gasteiger partial charge in [0.25, 0.3) is 0 Å². The second kappa shape index (κ2) is 7.91. The molecule has 0 unspecified atom stereocenters. The SMILES string of the molecule is Clc1ccc(-c2nc3n(n2)[C@H](c2ccc(Cl)cc2)C=C(c2ccc(Br)cc2)N3)cc1. The number of fused-ring (bicyclic) bond motifs is 1. The molecule has 1 aliphatic rings. The summed E-state index contributed by atoms with van der Waals surface area (Å²) in [6, 6.07) is 23.4. The molecular formula is C23H15BrCl2N4. The van der Waals surface area contributed by atoms with Gasteiger partial charge in [0.2, 0.25) is 5.95 Å². The first-order valence-corrected chi connectivity index (χ1v) is 10.8. The van der Waals surface area contributed by atoms with Crippen molar-refractivity contribution in [3.05, 3.63) is 105 Å². The van der Waals surface area contributed by atoms with Crippen molar-refractivity contribution in [3.63, 3.8) is 0 Å². The van der Waals surface area contributed by atoms with Crippen molar-refractivity contribution in [3.8, 4) is 11.4 Å². The lowest BCUT2D eigenvalue weighted by Crippen LogP contribution is -2.20. The molecule has 5 rings (SSSR count). The van der Waals surface area contributed by atoms with Gasteiger partial charge in [-0.05, 0) is 65.7 Å². The molecule has 0 saturated carbocycles. The third-order valence-electron chi connectivity index (χ3n) is 4.93. The molecule has 4 aromatic rings. The van der Waals surface area contributed by atoms with Crippen molar-refractivity contribution in [2.45, 2.75) is 6.04 Å². The Kier molecular flexibility index (Phi) is 5.11. The van der Waals surface area contributed by atoms with Crippen LogP contribution in [0.1, 0.15) is 17.2 Å². The van der Waals surface area contributed by atoms with E-state index in [0.717, 1.165) is 26.9 Å². The second-order valence-corrected chi connectivity index (χ2v) is 8.71. The van der Waals surface area contributed by atoms with Crippen molar-refractivity contribution in [2.24, 2.45) is 0 Å². The summed E-state index contributed by atoms with van der Waals surface area (Å²) < 4.78 is 2.93. The fourth-order valence-electron chi connectivity index (χ4n) is 3.41. The van der Waals surface area contributed by atoms with E-state index in [4.69, 9.17) is 33.3 Å². The molecule has 1 aromatic heterocycles. The number of hydrogen-bond acceptors (Lipinski definition) is 3. The van der Waals surface area contributed by atoms with Gasteiger partial charge >= 0.3 is 0 Å². The summed E-state index contributed by atoms with van der Waals surface area (Å²) in [5, 5.41) is 9.60. The van der Waals surface area contributed by atoms with Crippen LogP contribution in [0.5, 0.6) is 0 Å². The Bertz CT molecular complexity index is 1230. The van der Waals surface area contributed by atoms with E-state index in [2.05, 4.69) is 39.5 Å². The quantitative estimate of drug-likeness (QED) is 0.329. The molecule has 0 fully saturated rings. The first-order valence-electron chi connectivity index (χ1n) is 9.29. The monoisotopic (exact) mass is 496 g/mol. The fraction of sp³-hybridized carbons (Fsp3) is 0.0435. The van der Waals surface area contributed by atoms with Crippen LogP contribution in [0.2, 0.25) is 10.0 Å². The first kappa shape index (κ1) is 19.4. The maximum Gasteiger partial charge on any atom is 0.227 e. The number of rotatable bonds is 3. The van der Waals surface area contributed by atoms with Gasteiger partial charge in [0.05, 0.1) is 0 Å². The van der Waals surface area contributed by atoms with Gasteiger partial charge in [-0.15, -0.1) is 5.10 Å². The fourth-order valence-corrected chi connectivity index (χ4v) is 3.93. The van der Waals surface area contributed by atoms with Crippen LogP contribution in [-0.4, -0.2) is 14.8 Å². The molecule has 148 valence electrons. The van der Waals surface area contributed by atoms with E-state index in [-0.39, 0.29) is 6.04 Å². The molecule has 0 spiro atoms. The summed E-state index contributed by atoms with van der Waals surface area (Å²) in [5.74, 6) is 1.32. The zero-order valence-electron chi connectivity index (χ0n) is 15.6. The van der Waals surface area contributed by atoms with E-state index < -0.39 is 0 Å². The zero-order valence-corrected chi connectivity index (χ0v) is 18.7. The van der Waals surface area contributed by atoms with Crippen LogP contribution in [0.4, 0.5) is 5.95 Å². The predicted molar refractivity (Wildman–Crippen MR) is 126 cm³/mol. The lowest BCUT2D eigenvalue weighted by atomic mass is 10.0. The lowest BCUT2D eigenvalue weighted by Gasteiger charge is -2.24. The number of halogens is 3. The lowest BCUT2D eigenvalue weighted by molar-refractivity contribution is 0.613. The van der Waals surface area contributed by atoms with Crippen molar-refractivity contribution >= 4 is 50.8 Å². The molecule has 1 atom stereocenters. The van der Waals surface area contributed by atoms with Gasteiger partial charge in [0.15, 0.2) is 5.82 Å². The molecule has 4 nitrogen and oxygen atoms in total. The van der Waals surface area contributed by atoms with Gasteiger partial charge in [-0.2, -0.15) is 4.98 Å². The minimum atomic E-state index is -0.120. The van der Waals surface area contributed by atoms with Crippen molar-refractivity contribution in [2.75, 3.05) is 5.32 Å². The highest BCUT2D eigenvalue weighted by atomic mass is 79.9. The molecule has 3 aromatic carbocycles. The van der Waals surface area contributed by atoms with Crippen LogP contribution in [-0.2, 0) is 0 Å². The smallest absolute Gasteiger partial charge is 0.227 e. The number of allylic oxidation sites excluding steroid dienone is 1. The molecule has 7 heteroatoms. The second-order valence-electron chi connectivity index (χ2n) is 6.92. The van der Waals surface area contributed by atoms with Crippen LogP contribution in [0, 0.1) is 0 Å². The highest BCUT2D eigenvalue weighted by Crippen LogP contribution is 2.34. The Morgan fingerprint density at radius 1 is 0.800 bits per heavy atom.